The van der Waals surface area contributed by atoms with Gasteiger partial charge in [-0.15, -0.1) is 11.8 Å². The minimum atomic E-state index is -3.97. The van der Waals surface area contributed by atoms with E-state index in [9.17, 15) is 17.6 Å². The summed E-state index contributed by atoms with van der Waals surface area (Å²) in [6.45, 7) is 3.42. The number of carbonyl (C=O) groups is 1. The molecule has 0 radical (unpaired) electrons. The predicted molar refractivity (Wildman–Crippen MR) is 69.9 cm³/mol. The lowest BCUT2D eigenvalue weighted by Crippen LogP contribution is -2.22. The Morgan fingerprint density at radius 2 is 2.00 bits per heavy atom. The molecule has 3 N–H and O–H groups in total. The largest absolute Gasteiger partial charge is 0.480 e. The number of rotatable bonds is 5. The summed E-state index contributed by atoms with van der Waals surface area (Å²) >= 11 is 0.841. The average molecular weight is 307 g/mol. The van der Waals surface area contributed by atoms with Crippen LogP contribution in [-0.4, -0.2) is 24.7 Å². The molecule has 0 amide bonds. The molecule has 1 aromatic rings. The number of aliphatic carboxylic acids is 1. The van der Waals surface area contributed by atoms with Crippen LogP contribution in [0.3, 0.4) is 0 Å². The third-order valence-corrected chi connectivity index (χ3v) is 4.83. The molecule has 1 atom stereocenters. The van der Waals surface area contributed by atoms with Crippen LogP contribution in [0.4, 0.5) is 4.39 Å². The van der Waals surface area contributed by atoms with E-state index in [-0.39, 0.29) is 15.7 Å². The number of hydrogen-bond donors (Lipinski definition) is 2. The minimum Gasteiger partial charge on any atom is -0.480 e. The zero-order valence-electron chi connectivity index (χ0n) is 10.3. The van der Waals surface area contributed by atoms with Gasteiger partial charge in [-0.3, -0.25) is 4.79 Å². The number of thioether (sulfide) groups is 1. The summed E-state index contributed by atoms with van der Waals surface area (Å²) in [5, 5.41) is 13.1. The number of benzene rings is 1. The second-order valence-corrected chi connectivity index (χ2v) is 7.00. The third kappa shape index (κ3) is 4.19. The number of primary sulfonamides is 1. The van der Waals surface area contributed by atoms with Gasteiger partial charge >= 0.3 is 5.97 Å². The normalized spacial score (nSPS) is 13.5. The van der Waals surface area contributed by atoms with Gasteiger partial charge in [-0.1, -0.05) is 13.8 Å². The van der Waals surface area contributed by atoms with Gasteiger partial charge in [0.15, 0.2) is 0 Å². The Morgan fingerprint density at radius 1 is 1.42 bits per heavy atom. The first kappa shape index (κ1) is 15.9. The molecule has 0 fully saturated rings. The topological polar surface area (TPSA) is 97.5 Å². The molecule has 0 saturated carbocycles. The van der Waals surface area contributed by atoms with E-state index in [0.29, 0.717) is 0 Å². The molecule has 0 aliphatic carbocycles. The summed E-state index contributed by atoms with van der Waals surface area (Å²) < 4.78 is 35.8. The molecular weight excluding hydrogens is 293 g/mol. The van der Waals surface area contributed by atoms with E-state index in [1.54, 1.807) is 13.8 Å². The van der Waals surface area contributed by atoms with Crippen LogP contribution in [0.2, 0.25) is 0 Å². The van der Waals surface area contributed by atoms with Crippen molar-refractivity contribution in [3.8, 4) is 0 Å². The molecule has 0 aliphatic rings. The fraction of sp³-hybridized carbons (Fsp3) is 0.364. The van der Waals surface area contributed by atoms with Crippen molar-refractivity contribution in [2.24, 2.45) is 11.1 Å². The fourth-order valence-electron chi connectivity index (χ4n) is 1.36. The third-order valence-electron chi connectivity index (χ3n) is 2.33. The predicted octanol–water partition coefficient (Wildman–Crippen LogP) is 1.67. The van der Waals surface area contributed by atoms with Crippen molar-refractivity contribution in [1.82, 2.24) is 0 Å². The summed E-state index contributed by atoms with van der Waals surface area (Å²) in [6, 6.07) is 3.16. The highest BCUT2D eigenvalue weighted by atomic mass is 32.2. The lowest BCUT2D eigenvalue weighted by Gasteiger charge is -2.16. The Balaban J connectivity index is 3.07. The van der Waals surface area contributed by atoms with Crippen LogP contribution in [0.15, 0.2) is 28.0 Å². The molecule has 106 valence electrons. The quantitative estimate of drug-likeness (QED) is 0.806. The van der Waals surface area contributed by atoms with Crippen molar-refractivity contribution in [3.63, 3.8) is 0 Å². The summed E-state index contributed by atoms with van der Waals surface area (Å²) in [4.78, 5) is 10.8. The molecule has 5 nitrogen and oxygen atoms in total. The number of carboxylic acids is 1. The summed E-state index contributed by atoms with van der Waals surface area (Å²) in [5.74, 6) is -2.04. The van der Waals surface area contributed by atoms with Gasteiger partial charge in [-0.05, 0) is 24.1 Å². The van der Waals surface area contributed by atoms with E-state index < -0.39 is 27.1 Å². The monoisotopic (exact) mass is 307 g/mol. The van der Waals surface area contributed by atoms with Crippen LogP contribution in [0.1, 0.15) is 13.8 Å². The lowest BCUT2D eigenvalue weighted by molar-refractivity contribution is -0.137. The van der Waals surface area contributed by atoms with Crippen molar-refractivity contribution in [3.05, 3.63) is 24.0 Å². The standard InChI is InChI=1S/C11H14FNO4S2/c1-6(2)10(11(14)15)18-9-4-3-7(5-8(9)12)19(13,16)17/h3-6,10H,1-2H3,(H,14,15)(H2,13,16,17). The number of carboxylic acid groups (broad SMARTS) is 1. The number of nitrogens with two attached hydrogens (primary N) is 1. The zero-order valence-corrected chi connectivity index (χ0v) is 12.0. The van der Waals surface area contributed by atoms with Crippen molar-refractivity contribution >= 4 is 27.8 Å². The highest BCUT2D eigenvalue weighted by Crippen LogP contribution is 2.31. The number of halogens is 1. The second kappa shape index (κ2) is 5.89. The molecule has 19 heavy (non-hydrogen) atoms. The first-order valence-corrected chi connectivity index (χ1v) is 7.77. The van der Waals surface area contributed by atoms with Gasteiger partial charge in [0, 0.05) is 4.90 Å². The van der Waals surface area contributed by atoms with Gasteiger partial charge in [0.25, 0.3) is 0 Å². The molecule has 0 aliphatic heterocycles. The highest BCUT2D eigenvalue weighted by Gasteiger charge is 2.24. The van der Waals surface area contributed by atoms with Crippen molar-refractivity contribution in [2.45, 2.75) is 28.9 Å². The smallest absolute Gasteiger partial charge is 0.317 e. The van der Waals surface area contributed by atoms with Crippen LogP contribution in [0.5, 0.6) is 0 Å². The van der Waals surface area contributed by atoms with E-state index in [0.717, 1.165) is 23.9 Å². The molecule has 1 unspecified atom stereocenters. The zero-order chi connectivity index (χ0) is 14.8. The van der Waals surface area contributed by atoms with E-state index in [1.807, 2.05) is 0 Å². The van der Waals surface area contributed by atoms with Gasteiger partial charge < -0.3 is 5.11 Å². The van der Waals surface area contributed by atoms with Gasteiger partial charge in [-0.25, -0.2) is 17.9 Å². The first-order valence-electron chi connectivity index (χ1n) is 5.34. The van der Waals surface area contributed by atoms with E-state index in [1.165, 1.54) is 6.07 Å². The van der Waals surface area contributed by atoms with Gasteiger partial charge in [0.1, 0.15) is 11.1 Å². The van der Waals surface area contributed by atoms with E-state index in [4.69, 9.17) is 10.2 Å². The average Bonchev–Trinajstić information content (AvgIpc) is 2.24. The summed E-state index contributed by atoms with van der Waals surface area (Å²) in [7, 11) is -3.97. The van der Waals surface area contributed by atoms with Crippen LogP contribution in [0, 0.1) is 11.7 Å². The Kier molecular flexibility index (Phi) is 4.94. The van der Waals surface area contributed by atoms with Gasteiger partial charge in [-0.2, -0.15) is 0 Å². The second-order valence-electron chi connectivity index (χ2n) is 4.26. The highest BCUT2D eigenvalue weighted by molar-refractivity contribution is 8.00. The Bertz CT molecular complexity index is 586. The maximum atomic E-state index is 13.7. The molecule has 0 spiro atoms. The van der Waals surface area contributed by atoms with Crippen LogP contribution in [0.25, 0.3) is 0 Å². The van der Waals surface area contributed by atoms with Crippen LogP contribution in [-0.2, 0) is 14.8 Å². The Labute approximate surface area is 115 Å². The molecule has 1 rings (SSSR count). The Hall–Kier alpha value is -1.12. The summed E-state index contributed by atoms with van der Waals surface area (Å²) in [6.07, 6.45) is 0. The Morgan fingerprint density at radius 3 is 2.37 bits per heavy atom. The van der Waals surface area contributed by atoms with Gasteiger partial charge in [0.05, 0.1) is 4.90 Å². The molecule has 0 aromatic heterocycles. The molecule has 1 aromatic carbocycles. The summed E-state index contributed by atoms with van der Waals surface area (Å²) in [5.41, 5.74) is 0. The van der Waals surface area contributed by atoms with Crippen LogP contribution < -0.4 is 5.14 Å². The van der Waals surface area contributed by atoms with Crippen LogP contribution >= 0.6 is 11.8 Å². The maximum absolute atomic E-state index is 13.7. The number of hydrogen-bond acceptors (Lipinski definition) is 4. The molecule has 8 heteroatoms. The van der Waals surface area contributed by atoms with Crippen molar-refractivity contribution in [1.29, 1.82) is 0 Å². The fourth-order valence-corrected chi connectivity index (χ4v) is 2.85. The molecule has 0 heterocycles. The van der Waals surface area contributed by atoms with E-state index >= 15 is 0 Å². The minimum absolute atomic E-state index is 0.0773. The van der Waals surface area contributed by atoms with Crippen molar-refractivity contribution < 1.29 is 22.7 Å². The van der Waals surface area contributed by atoms with Gasteiger partial charge in [0.2, 0.25) is 10.0 Å². The molecular formula is C11H14FNO4S2. The number of sulfonamides is 1. The molecule has 0 saturated heterocycles. The van der Waals surface area contributed by atoms with E-state index in [2.05, 4.69) is 0 Å². The lowest BCUT2D eigenvalue weighted by atomic mass is 10.1. The maximum Gasteiger partial charge on any atom is 0.317 e. The van der Waals surface area contributed by atoms with Crippen molar-refractivity contribution in [2.75, 3.05) is 0 Å². The SMILES string of the molecule is CC(C)C(Sc1ccc(S(N)(=O)=O)cc1F)C(=O)O. The molecule has 0 bridgehead atoms. The first-order chi connectivity index (χ1) is 8.62.